The first-order chi connectivity index (χ1) is 27.4. The van der Waals surface area contributed by atoms with Crippen molar-refractivity contribution < 1.29 is 63.1 Å². The standard InChI is InChI=1S/C43H79O13P/c1-3-5-7-9-11-13-15-16-17-18-19-20-22-24-26-28-30-32-37(45)55-35(33-53-36(44)31-29-27-25-23-21-14-12-10-8-6-4-2)34-54-57(51,52)56-43-41(49)39(47)38(46)40(48)42(43)50/h11,13,16-17,35,38-43,46-50H,3-10,12,14-15,18-34H2,1-2H3,(H,51,52)/b13-11+,17-16+/t35-,38?,39-,40?,41?,42?,43?/m1/s1. The fourth-order valence-electron chi connectivity index (χ4n) is 6.67. The van der Waals surface area contributed by atoms with Crippen LogP contribution in [0.2, 0.25) is 0 Å². The van der Waals surface area contributed by atoms with Crippen molar-refractivity contribution in [3.8, 4) is 0 Å². The normalized spacial score (nSPS) is 22.9. The fraction of sp³-hybridized carbons (Fsp3) is 0.860. The van der Waals surface area contributed by atoms with E-state index in [2.05, 4.69) is 38.2 Å². The van der Waals surface area contributed by atoms with E-state index >= 15 is 0 Å². The zero-order valence-corrected chi connectivity index (χ0v) is 36.0. The van der Waals surface area contributed by atoms with E-state index in [-0.39, 0.29) is 12.8 Å². The zero-order chi connectivity index (χ0) is 42.2. The second-order valence-electron chi connectivity index (χ2n) is 15.6. The van der Waals surface area contributed by atoms with Gasteiger partial charge in [0.25, 0.3) is 0 Å². The van der Waals surface area contributed by atoms with Gasteiger partial charge < -0.3 is 39.9 Å². The van der Waals surface area contributed by atoms with Crippen molar-refractivity contribution in [2.45, 2.75) is 224 Å². The van der Waals surface area contributed by atoms with Crippen LogP contribution in [0.4, 0.5) is 0 Å². The van der Waals surface area contributed by atoms with E-state index in [1.807, 2.05) is 0 Å². The number of aliphatic hydroxyl groups is 5. The molecule has 1 fully saturated rings. The predicted molar refractivity (Wildman–Crippen MR) is 221 cm³/mol. The summed E-state index contributed by atoms with van der Waals surface area (Å²) in [7, 11) is -5.11. The second kappa shape index (κ2) is 34.1. The van der Waals surface area contributed by atoms with E-state index in [4.69, 9.17) is 18.5 Å². The number of hydrogen-bond donors (Lipinski definition) is 6. The van der Waals surface area contributed by atoms with Gasteiger partial charge in [0.05, 0.1) is 6.61 Å². The van der Waals surface area contributed by atoms with E-state index in [1.165, 1.54) is 64.2 Å². The lowest BCUT2D eigenvalue weighted by atomic mass is 9.85. The van der Waals surface area contributed by atoms with Gasteiger partial charge in [-0.25, -0.2) is 4.57 Å². The molecule has 0 aromatic rings. The first-order valence-electron chi connectivity index (χ1n) is 22.1. The van der Waals surface area contributed by atoms with E-state index in [1.54, 1.807) is 0 Å². The largest absolute Gasteiger partial charge is 0.472 e. The Morgan fingerprint density at radius 1 is 0.544 bits per heavy atom. The van der Waals surface area contributed by atoms with Gasteiger partial charge in [0, 0.05) is 12.8 Å². The average Bonchev–Trinajstić information content (AvgIpc) is 3.19. The summed E-state index contributed by atoms with van der Waals surface area (Å²) in [6.07, 6.45) is 22.4. The molecule has 1 aliphatic rings. The number of phosphoric acid groups is 1. The van der Waals surface area contributed by atoms with Gasteiger partial charge >= 0.3 is 19.8 Å². The van der Waals surface area contributed by atoms with Gasteiger partial charge in [0.2, 0.25) is 0 Å². The maximum atomic E-state index is 12.8. The second-order valence-corrected chi connectivity index (χ2v) is 17.0. The minimum atomic E-state index is -5.11. The topological polar surface area (TPSA) is 210 Å². The molecule has 14 heteroatoms. The number of aliphatic hydroxyl groups excluding tert-OH is 5. The van der Waals surface area contributed by atoms with Crippen LogP contribution < -0.4 is 0 Å². The minimum absolute atomic E-state index is 0.0902. The molecule has 0 heterocycles. The monoisotopic (exact) mass is 835 g/mol. The lowest BCUT2D eigenvalue weighted by Crippen LogP contribution is -2.64. The summed E-state index contributed by atoms with van der Waals surface area (Å²) in [5.41, 5.74) is 0. The SMILES string of the molecule is CCCCC/C=C/C/C=C/CCCCCCCCCC(=O)O[C@H](COC(=O)CCCCCCCCCCCCC)COP(=O)(O)OC1C(O)C(O)C(O)[C@@H](O)C1O. The fourth-order valence-corrected chi connectivity index (χ4v) is 7.64. The molecule has 0 radical (unpaired) electrons. The third kappa shape index (κ3) is 26.9. The first-order valence-corrected chi connectivity index (χ1v) is 23.6. The van der Waals surface area contributed by atoms with Gasteiger partial charge in [-0.2, -0.15) is 0 Å². The lowest BCUT2D eigenvalue weighted by molar-refractivity contribution is -0.220. The molecule has 0 saturated heterocycles. The van der Waals surface area contributed by atoms with E-state index in [0.29, 0.717) is 12.8 Å². The summed E-state index contributed by atoms with van der Waals surface area (Å²) >= 11 is 0. The molecular weight excluding hydrogens is 755 g/mol. The molecule has 8 atom stereocenters. The number of carbonyl (C=O) groups excluding carboxylic acids is 2. The third-order valence-electron chi connectivity index (χ3n) is 10.3. The molecule has 0 aromatic carbocycles. The van der Waals surface area contributed by atoms with Crippen molar-refractivity contribution in [1.82, 2.24) is 0 Å². The van der Waals surface area contributed by atoms with Gasteiger partial charge in [-0.05, 0) is 44.9 Å². The first kappa shape index (κ1) is 53.3. The molecule has 13 nitrogen and oxygen atoms in total. The Morgan fingerprint density at radius 2 is 0.947 bits per heavy atom. The molecular formula is C43H79O13P. The average molecular weight is 835 g/mol. The molecule has 0 aromatic heterocycles. The molecule has 57 heavy (non-hydrogen) atoms. The third-order valence-corrected chi connectivity index (χ3v) is 11.3. The van der Waals surface area contributed by atoms with Crippen molar-refractivity contribution in [3.63, 3.8) is 0 Å². The van der Waals surface area contributed by atoms with Crippen molar-refractivity contribution in [2.75, 3.05) is 13.2 Å². The van der Waals surface area contributed by atoms with Gasteiger partial charge in [-0.3, -0.25) is 18.6 Å². The summed E-state index contributed by atoms with van der Waals surface area (Å²) in [6.45, 7) is 3.25. The molecule has 1 rings (SSSR count). The van der Waals surface area contributed by atoms with Crippen LogP contribution in [-0.2, 0) is 32.7 Å². The molecule has 6 unspecified atom stereocenters. The Kier molecular flexibility index (Phi) is 31.9. The Morgan fingerprint density at radius 3 is 1.46 bits per heavy atom. The minimum Gasteiger partial charge on any atom is -0.462 e. The summed E-state index contributed by atoms with van der Waals surface area (Å²) in [4.78, 5) is 35.6. The Balaban J connectivity index is 2.48. The number of hydrogen-bond acceptors (Lipinski definition) is 12. The summed E-state index contributed by atoms with van der Waals surface area (Å²) in [6, 6.07) is 0. The molecule has 1 saturated carbocycles. The van der Waals surface area contributed by atoms with Crippen LogP contribution in [-0.4, -0.2) is 98.3 Å². The van der Waals surface area contributed by atoms with Crippen LogP contribution in [0.25, 0.3) is 0 Å². The number of allylic oxidation sites excluding steroid dienone is 4. The van der Waals surface area contributed by atoms with Gasteiger partial charge in [-0.1, -0.05) is 147 Å². The Labute approximate surface area is 343 Å². The van der Waals surface area contributed by atoms with E-state index in [9.17, 15) is 44.6 Å². The van der Waals surface area contributed by atoms with Gasteiger partial charge in [0.15, 0.2) is 6.10 Å². The van der Waals surface area contributed by atoms with E-state index in [0.717, 1.165) is 77.0 Å². The highest BCUT2D eigenvalue weighted by Crippen LogP contribution is 2.47. The lowest BCUT2D eigenvalue weighted by Gasteiger charge is -2.41. The van der Waals surface area contributed by atoms with E-state index < -0.39 is 75.7 Å². The summed E-state index contributed by atoms with van der Waals surface area (Å²) in [5.74, 6) is -1.11. The number of ether oxygens (including phenoxy) is 2. The smallest absolute Gasteiger partial charge is 0.462 e. The summed E-state index contributed by atoms with van der Waals surface area (Å²) in [5, 5.41) is 50.0. The molecule has 0 spiro atoms. The zero-order valence-electron chi connectivity index (χ0n) is 35.1. The molecule has 334 valence electrons. The highest BCUT2D eigenvalue weighted by atomic mass is 31.2. The number of rotatable bonds is 36. The molecule has 0 bridgehead atoms. The Hall–Kier alpha value is -1.67. The van der Waals surface area contributed by atoms with Crippen LogP contribution in [0.5, 0.6) is 0 Å². The Bertz CT molecular complexity index is 1100. The number of carbonyl (C=O) groups is 2. The van der Waals surface area contributed by atoms with Gasteiger partial charge in [0.1, 0.15) is 43.2 Å². The van der Waals surface area contributed by atoms with Crippen LogP contribution in [0.15, 0.2) is 24.3 Å². The van der Waals surface area contributed by atoms with Crippen molar-refractivity contribution in [2.24, 2.45) is 0 Å². The number of esters is 2. The molecule has 0 aliphatic heterocycles. The summed E-state index contributed by atoms with van der Waals surface area (Å²) < 4.78 is 33.4. The molecule has 6 N–H and O–H groups in total. The molecule has 1 aliphatic carbocycles. The van der Waals surface area contributed by atoms with Crippen LogP contribution in [0.3, 0.4) is 0 Å². The predicted octanol–water partition coefficient (Wildman–Crippen LogP) is 8.06. The molecule has 0 amide bonds. The van der Waals surface area contributed by atoms with Gasteiger partial charge in [-0.15, -0.1) is 0 Å². The van der Waals surface area contributed by atoms with Crippen LogP contribution >= 0.6 is 7.82 Å². The maximum Gasteiger partial charge on any atom is 0.472 e. The van der Waals surface area contributed by atoms with Crippen LogP contribution in [0, 0.1) is 0 Å². The number of phosphoric ester groups is 1. The van der Waals surface area contributed by atoms with Crippen molar-refractivity contribution >= 4 is 19.8 Å². The van der Waals surface area contributed by atoms with Crippen molar-refractivity contribution in [3.05, 3.63) is 24.3 Å². The van der Waals surface area contributed by atoms with Crippen LogP contribution in [0.1, 0.15) is 181 Å². The number of unbranched alkanes of at least 4 members (excludes halogenated alkanes) is 20. The highest BCUT2D eigenvalue weighted by Gasteiger charge is 2.51. The highest BCUT2D eigenvalue weighted by molar-refractivity contribution is 7.47. The quantitative estimate of drug-likeness (QED) is 0.0153. The maximum absolute atomic E-state index is 12.8. The van der Waals surface area contributed by atoms with Crippen molar-refractivity contribution in [1.29, 1.82) is 0 Å².